The number of hydrogen-bond acceptors (Lipinski definition) is 5. The van der Waals surface area contributed by atoms with Crippen molar-refractivity contribution in [1.82, 2.24) is 9.78 Å². The van der Waals surface area contributed by atoms with E-state index in [4.69, 9.17) is 9.84 Å². The Balaban J connectivity index is 1.67. The Labute approximate surface area is 168 Å². The first-order valence-corrected chi connectivity index (χ1v) is 9.34. The molecule has 0 aliphatic carbocycles. The first kappa shape index (κ1) is 20.1. The molecule has 0 aliphatic heterocycles. The predicted octanol–water partition coefficient (Wildman–Crippen LogP) is 4.39. The van der Waals surface area contributed by atoms with Crippen molar-refractivity contribution in [2.75, 3.05) is 5.32 Å². The van der Waals surface area contributed by atoms with Crippen LogP contribution in [0.25, 0.3) is 5.69 Å². The number of nitrogens with one attached hydrogen (secondary N) is 1. The third-order valence-corrected chi connectivity index (χ3v) is 4.33. The number of carboxylic acid groups (broad SMARTS) is 1. The minimum atomic E-state index is -0.921. The van der Waals surface area contributed by atoms with E-state index in [1.807, 2.05) is 68.6 Å². The van der Waals surface area contributed by atoms with E-state index in [9.17, 15) is 9.59 Å². The highest BCUT2D eigenvalue weighted by Gasteiger charge is 2.13. The molecular formula is C22H23N3O4. The Morgan fingerprint density at radius 2 is 1.76 bits per heavy atom. The topological polar surface area (TPSA) is 93.5 Å². The summed E-state index contributed by atoms with van der Waals surface area (Å²) < 4.78 is 7.23. The van der Waals surface area contributed by atoms with Crippen LogP contribution in [0.15, 0.2) is 54.7 Å². The summed E-state index contributed by atoms with van der Waals surface area (Å²) in [6.45, 7) is 3.72. The Morgan fingerprint density at radius 3 is 2.41 bits per heavy atom. The molecule has 1 heterocycles. The van der Waals surface area contributed by atoms with Crippen LogP contribution in [-0.4, -0.2) is 26.8 Å². The number of carbonyl (C=O) groups is 2. The smallest absolute Gasteiger partial charge is 0.311 e. The summed E-state index contributed by atoms with van der Waals surface area (Å²) in [5.74, 6) is -0.146. The highest BCUT2D eigenvalue weighted by atomic mass is 16.5. The molecule has 7 heteroatoms. The van der Waals surface area contributed by atoms with Crippen molar-refractivity contribution >= 4 is 23.4 Å². The number of carboxylic acids is 1. The summed E-state index contributed by atoms with van der Waals surface area (Å²) in [6, 6.07) is 15.5. The number of carbonyl (C=O) groups excluding carboxylic acids is 1. The fraction of sp³-hybridized carbons (Fsp3) is 0.227. The summed E-state index contributed by atoms with van der Waals surface area (Å²) >= 11 is 0. The lowest BCUT2D eigenvalue weighted by atomic mass is 10.1. The summed E-state index contributed by atoms with van der Waals surface area (Å²) in [7, 11) is 0. The second kappa shape index (κ2) is 9.05. The van der Waals surface area contributed by atoms with Crippen molar-refractivity contribution < 1.29 is 19.4 Å². The monoisotopic (exact) mass is 393 g/mol. The van der Waals surface area contributed by atoms with Gasteiger partial charge in [0, 0.05) is 30.8 Å². The molecule has 0 saturated carbocycles. The van der Waals surface area contributed by atoms with Crippen LogP contribution >= 0.6 is 0 Å². The van der Waals surface area contributed by atoms with Gasteiger partial charge in [0.15, 0.2) is 5.82 Å². The van der Waals surface area contributed by atoms with Crippen LogP contribution in [0.4, 0.5) is 11.5 Å². The van der Waals surface area contributed by atoms with Crippen molar-refractivity contribution in [2.45, 2.75) is 33.1 Å². The molecule has 1 aromatic heterocycles. The van der Waals surface area contributed by atoms with E-state index in [-0.39, 0.29) is 19.3 Å². The van der Waals surface area contributed by atoms with Gasteiger partial charge in [-0.3, -0.25) is 9.59 Å². The number of benzene rings is 2. The van der Waals surface area contributed by atoms with Gasteiger partial charge in [-0.05, 0) is 55.7 Å². The van der Waals surface area contributed by atoms with E-state index in [1.165, 1.54) is 0 Å². The van der Waals surface area contributed by atoms with Gasteiger partial charge >= 0.3 is 11.9 Å². The molecule has 2 N–H and O–H groups in total. The maximum Gasteiger partial charge on any atom is 0.311 e. The SMILES string of the molecule is Cc1cc(Nc2ccn(-c3ccccc3)n2)cc(C)c1OC(=O)CCCC(=O)O. The van der Waals surface area contributed by atoms with E-state index >= 15 is 0 Å². The van der Waals surface area contributed by atoms with Crippen LogP contribution in [0, 0.1) is 13.8 Å². The van der Waals surface area contributed by atoms with Crippen LogP contribution in [0.5, 0.6) is 5.75 Å². The number of aliphatic carboxylic acids is 1. The number of aromatic nitrogens is 2. The van der Waals surface area contributed by atoms with E-state index in [0.717, 1.165) is 22.5 Å². The number of aryl methyl sites for hydroxylation is 2. The van der Waals surface area contributed by atoms with Gasteiger partial charge in [0.2, 0.25) is 0 Å². The largest absolute Gasteiger partial charge is 0.481 e. The molecule has 2 aromatic carbocycles. The second-order valence-corrected chi connectivity index (χ2v) is 6.77. The molecule has 7 nitrogen and oxygen atoms in total. The molecule has 3 aromatic rings. The predicted molar refractivity (Wildman–Crippen MR) is 110 cm³/mol. The number of ether oxygens (including phenoxy) is 1. The fourth-order valence-electron chi connectivity index (χ4n) is 3.00. The molecule has 0 saturated heterocycles. The van der Waals surface area contributed by atoms with Crippen molar-refractivity contribution in [3.63, 3.8) is 0 Å². The molecule has 150 valence electrons. The highest BCUT2D eigenvalue weighted by molar-refractivity contribution is 5.75. The van der Waals surface area contributed by atoms with Crippen LogP contribution < -0.4 is 10.1 Å². The van der Waals surface area contributed by atoms with Gasteiger partial charge in [-0.2, -0.15) is 5.10 Å². The number of anilines is 2. The van der Waals surface area contributed by atoms with E-state index in [2.05, 4.69) is 10.4 Å². The number of para-hydroxylation sites is 1. The Bertz CT molecular complexity index is 989. The molecule has 0 spiro atoms. The quantitative estimate of drug-likeness (QED) is 0.435. The molecule has 0 aliphatic rings. The minimum Gasteiger partial charge on any atom is -0.481 e. The Hall–Kier alpha value is -3.61. The van der Waals surface area contributed by atoms with Crippen molar-refractivity contribution in [2.24, 2.45) is 0 Å². The number of nitrogens with zero attached hydrogens (tertiary/aromatic N) is 2. The summed E-state index contributed by atoms with van der Waals surface area (Å²) in [6.07, 6.45) is 2.16. The van der Waals surface area contributed by atoms with E-state index in [0.29, 0.717) is 11.6 Å². The summed E-state index contributed by atoms with van der Waals surface area (Å²) in [5.41, 5.74) is 3.42. The number of rotatable bonds is 8. The summed E-state index contributed by atoms with van der Waals surface area (Å²) in [4.78, 5) is 22.5. The molecule has 0 amide bonds. The van der Waals surface area contributed by atoms with Gasteiger partial charge in [0.05, 0.1) is 5.69 Å². The first-order chi connectivity index (χ1) is 13.9. The van der Waals surface area contributed by atoms with Gasteiger partial charge in [-0.25, -0.2) is 4.68 Å². The van der Waals surface area contributed by atoms with Crippen molar-refractivity contribution in [3.8, 4) is 11.4 Å². The maximum absolute atomic E-state index is 12.0. The van der Waals surface area contributed by atoms with Crippen LogP contribution in [0.1, 0.15) is 30.4 Å². The standard InChI is InChI=1S/C22H23N3O4/c1-15-13-17(14-16(2)22(15)29-21(28)10-6-9-20(26)27)23-19-11-12-25(24-19)18-7-4-3-5-8-18/h3-5,7-8,11-14H,6,9-10H2,1-2H3,(H,23,24)(H,26,27). The van der Waals surface area contributed by atoms with Gasteiger partial charge in [-0.1, -0.05) is 18.2 Å². The maximum atomic E-state index is 12.0. The van der Waals surface area contributed by atoms with Gasteiger partial charge in [0.25, 0.3) is 0 Å². The molecule has 0 fully saturated rings. The Morgan fingerprint density at radius 1 is 1.07 bits per heavy atom. The number of hydrogen-bond donors (Lipinski definition) is 2. The fourth-order valence-corrected chi connectivity index (χ4v) is 3.00. The van der Waals surface area contributed by atoms with E-state index in [1.54, 1.807) is 4.68 Å². The lowest BCUT2D eigenvalue weighted by Crippen LogP contribution is -2.10. The second-order valence-electron chi connectivity index (χ2n) is 6.77. The van der Waals surface area contributed by atoms with Crippen LogP contribution in [-0.2, 0) is 9.59 Å². The molecular weight excluding hydrogens is 370 g/mol. The van der Waals surface area contributed by atoms with Crippen molar-refractivity contribution in [1.29, 1.82) is 0 Å². The molecule has 3 rings (SSSR count). The normalized spacial score (nSPS) is 10.6. The average molecular weight is 393 g/mol. The highest BCUT2D eigenvalue weighted by Crippen LogP contribution is 2.29. The van der Waals surface area contributed by atoms with Crippen LogP contribution in [0.3, 0.4) is 0 Å². The van der Waals surface area contributed by atoms with Gasteiger partial charge in [0.1, 0.15) is 5.75 Å². The first-order valence-electron chi connectivity index (χ1n) is 9.34. The van der Waals surface area contributed by atoms with Gasteiger partial charge < -0.3 is 15.2 Å². The zero-order valence-corrected chi connectivity index (χ0v) is 16.4. The molecule has 29 heavy (non-hydrogen) atoms. The number of esters is 1. The molecule has 0 unspecified atom stereocenters. The molecule has 0 atom stereocenters. The zero-order valence-electron chi connectivity index (χ0n) is 16.4. The van der Waals surface area contributed by atoms with Crippen LogP contribution in [0.2, 0.25) is 0 Å². The third-order valence-electron chi connectivity index (χ3n) is 4.33. The Kier molecular flexibility index (Phi) is 6.29. The van der Waals surface area contributed by atoms with Gasteiger partial charge in [-0.15, -0.1) is 0 Å². The third kappa shape index (κ3) is 5.44. The van der Waals surface area contributed by atoms with Crippen molar-refractivity contribution in [3.05, 3.63) is 65.9 Å². The lowest BCUT2D eigenvalue weighted by Gasteiger charge is -2.13. The molecule has 0 bridgehead atoms. The zero-order chi connectivity index (χ0) is 20.8. The minimum absolute atomic E-state index is 0.0500. The van der Waals surface area contributed by atoms with E-state index < -0.39 is 11.9 Å². The molecule has 0 radical (unpaired) electrons. The summed E-state index contributed by atoms with van der Waals surface area (Å²) in [5, 5.41) is 16.4. The lowest BCUT2D eigenvalue weighted by molar-refractivity contribution is -0.137. The average Bonchev–Trinajstić information content (AvgIpc) is 3.13.